The van der Waals surface area contributed by atoms with E-state index in [1.54, 1.807) is 0 Å². The van der Waals surface area contributed by atoms with E-state index in [4.69, 9.17) is 5.73 Å². The van der Waals surface area contributed by atoms with E-state index < -0.39 is 11.0 Å². The Morgan fingerprint density at radius 1 is 1.38 bits per heavy atom. The van der Waals surface area contributed by atoms with Gasteiger partial charge in [0, 0.05) is 12.1 Å². The summed E-state index contributed by atoms with van der Waals surface area (Å²) in [6, 6.07) is 0. The second kappa shape index (κ2) is 5.64. The molecule has 1 atom stereocenters. The van der Waals surface area contributed by atoms with Crippen molar-refractivity contribution < 1.29 is 9.90 Å². The molecule has 16 heavy (non-hydrogen) atoms. The number of amides is 1. The Bertz CT molecular complexity index is 232. The Balaban J connectivity index is 4.17. The molecule has 0 fully saturated rings. The van der Waals surface area contributed by atoms with Crippen LogP contribution in [0.4, 0.5) is 0 Å². The van der Waals surface area contributed by atoms with Crippen molar-refractivity contribution in [2.45, 2.75) is 59.1 Å². The van der Waals surface area contributed by atoms with Crippen LogP contribution in [0.15, 0.2) is 0 Å². The van der Waals surface area contributed by atoms with Gasteiger partial charge >= 0.3 is 0 Å². The van der Waals surface area contributed by atoms with Gasteiger partial charge in [0.15, 0.2) is 0 Å². The fourth-order valence-corrected chi connectivity index (χ4v) is 1.07. The van der Waals surface area contributed by atoms with Gasteiger partial charge in [-0.3, -0.25) is 4.79 Å². The van der Waals surface area contributed by atoms with Crippen LogP contribution in [-0.4, -0.2) is 29.2 Å². The molecule has 4 nitrogen and oxygen atoms in total. The number of nitrogens with one attached hydrogen (secondary N) is 1. The van der Waals surface area contributed by atoms with E-state index in [1.165, 1.54) is 0 Å². The van der Waals surface area contributed by atoms with E-state index in [0.717, 1.165) is 0 Å². The molecule has 0 aromatic heterocycles. The van der Waals surface area contributed by atoms with Crippen molar-refractivity contribution in [3.8, 4) is 0 Å². The van der Waals surface area contributed by atoms with Crippen LogP contribution in [0.25, 0.3) is 0 Å². The van der Waals surface area contributed by atoms with E-state index >= 15 is 0 Å². The molecular formula is C12H26N2O2. The molecule has 0 heterocycles. The first-order valence-corrected chi connectivity index (χ1v) is 5.88. The van der Waals surface area contributed by atoms with Crippen LogP contribution in [0.2, 0.25) is 0 Å². The molecule has 0 aromatic carbocycles. The highest BCUT2D eigenvalue weighted by Crippen LogP contribution is 2.28. The molecule has 0 saturated carbocycles. The van der Waals surface area contributed by atoms with Crippen LogP contribution in [0.5, 0.6) is 0 Å². The van der Waals surface area contributed by atoms with Gasteiger partial charge in [-0.05, 0) is 40.5 Å². The van der Waals surface area contributed by atoms with E-state index in [-0.39, 0.29) is 12.0 Å². The van der Waals surface area contributed by atoms with Gasteiger partial charge in [-0.25, -0.2) is 0 Å². The maximum Gasteiger partial charge on any atom is 0.227 e. The first-order chi connectivity index (χ1) is 7.13. The van der Waals surface area contributed by atoms with Gasteiger partial charge in [-0.2, -0.15) is 0 Å². The van der Waals surface area contributed by atoms with Gasteiger partial charge in [0.1, 0.15) is 0 Å². The molecule has 0 radical (unpaired) electrons. The van der Waals surface area contributed by atoms with E-state index in [9.17, 15) is 9.90 Å². The molecule has 0 spiro atoms. The number of carbonyl (C=O) groups is 1. The Kier molecular flexibility index (Phi) is 5.42. The number of aliphatic hydroxyl groups is 1. The topological polar surface area (TPSA) is 75.3 Å². The molecule has 0 bridgehead atoms. The molecule has 4 heteroatoms. The van der Waals surface area contributed by atoms with E-state index in [1.807, 2.05) is 34.6 Å². The Morgan fingerprint density at radius 3 is 2.25 bits per heavy atom. The lowest BCUT2D eigenvalue weighted by atomic mass is 9.74. The highest BCUT2D eigenvalue weighted by atomic mass is 16.3. The van der Waals surface area contributed by atoms with Crippen molar-refractivity contribution in [3.05, 3.63) is 0 Å². The third-order valence-electron chi connectivity index (χ3n) is 3.41. The molecular weight excluding hydrogens is 204 g/mol. The SMILES string of the molecule is CCC(O)CCNC(=O)C(C)(C)C(C)(C)N. The molecule has 0 aliphatic heterocycles. The highest BCUT2D eigenvalue weighted by molar-refractivity contribution is 5.83. The summed E-state index contributed by atoms with van der Waals surface area (Å²) in [6.45, 7) is 9.75. The summed E-state index contributed by atoms with van der Waals surface area (Å²) in [5, 5.41) is 12.2. The van der Waals surface area contributed by atoms with Crippen LogP contribution in [0, 0.1) is 5.41 Å². The standard InChI is InChI=1S/C12H26N2O2/c1-6-9(15)7-8-14-10(16)11(2,3)12(4,5)13/h9,15H,6-8,13H2,1-5H3,(H,14,16). The first-order valence-electron chi connectivity index (χ1n) is 5.88. The third-order valence-corrected chi connectivity index (χ3v) is 3.41. The average molecular weight is 230 g/mol. The van der Waals surface area contributed by atoms with Crippen LogP contribution in [0.1, 0.15) is 47.5 Å². The van der Waals surface area contributed by atoms with Crippen LogP contribution < -0.4 is 11.1 Å². The number of hydrogen-bond acceptors (Lipinski definition) is 3. The predicted molar refractivity (Wildman–Crippen MR) is 66.0 cm³/mol. The highest BCUT2D eigenvalue weighted by Gasteiger charge is 2.40. The zero-order valence-electron chi connectivity index (χ0n) is 11.1. The van der Waals surface area contributed by atoms with Crippen molar-refractivity contribution in [2.24, 2.45) is 11.1 Å². The summed E-state index contributed by atoms with van der Waals surface area (Å²) >= 11 is 0. The lowest BCUT2D eigenvalue weighted by Crippen LogP contribution is -2.55. The molecule has 0 aromatic rings. The van der Waals surface area contributed by atoms with Crippen molar-refractivity contribution in [3.63, 3.8) is 0 Å². The van der Waals surface area contributed by atoms with Crippen molar-refractivity contribution in [1.82, 2.24) is 5.32 Å². The Labute approximate surface area is 98.6 Å². The molecule has 1 unspecified atom stereocenters. The largest absolute Gasteiger partial charge is 0.393 e. The zero-order chi connectivity index (χ0) is 13.0. The normalized spacial score (nSPS) is 14.7. The first kappa shape index (κ1) is 15.4. The van der Waals surface area contributed by atoms with Crippen molar-refractivity contribution in [1.29, 1.82) is 0 Å². The molecule has 4 N–H and O–H groups in total. The zero-order valence-corrected chi connectivity index (χ0v) is 11.1. The number of aliphatic hydroxyl groups excluding tert-OH is 1. The molecule has 1 amide bonds. The predicted octanol–water partition coefficient (Wildman–Crippen LogP) is 1.03. The van der Waals surface area contributed by atoms with Crippen molar-refractivity contribution >= 4 is 5.91 Å². The minimum atomic E-state index is -0.621. The summed E-state index contributed by atoms with van der Waals surface area (Å²) in [5.74, 6) is -0.0664. The molecule has 96 valence electrons. The lowest BCUT2D eigenvalue weighted by Gasteiger charge is -2.36. The van der Waals surface area contributed by atoms with Gasteiger partial charge in [-0.1, -0.05) is 6.92 Å². The number of carbonyl (C=O) groups excluding carboxylic acids is 1. The van der Waals surface area contributed by atoms with E-state index in [2.05, 4.69) is 5.32 Å². The van der Waals surface area contributed by atoms with Gasteiger partial charge in [0.05, 0.1) is 11.5 Å². The fraction of sp³-hybridized carbons (Fsp3) is 0.917. The second-order valence-corrected chi connectivity index (χ2v) is 5.45. The average Bonchev–Trinajstić information content (AvgIpc) is 2.15. The van der Waals surface area contributed by atoms with Gasteiger partial charge in [0.25, 0.3) is 0 Å². The number of rotatable bonds is 6. The van der Waals surface area contributed by atoms with Crippen LogP contribution in [-0.2, 0) is 4.79 Å². The summed E-state index contributed by atoms with van der Waals surface area (Å²) in [7, 11) is 0. The van der Waals surface area contributed by atoms with Gasteiger partial charge < -0.3 is 16.2 Å². The smallest absolute Gasteiger partial charge is 0.227 e. The van der Waals surface area contributed by atoms with Crippen LogP contribution >= 0.6 is 0 Å². The number of nitrogens with two attached hydrogens (primary N) is 1. The second-order valence-electron chi connectivity index (χ2n) is 5.45. The fourth-order valence-electron chi connectivity index (χ4n) is 1.07. The summed E-state index contributed by atoms with van der Waals surface area (Å²) in [4.78, 5) is 11.9. The molecule has 0 aliphatic rings. The van der Waals surface area contributed by atoms with Gasteiger partial charge in [-0.15, -0.1) is 0 Å². The summed E-state index contributed by atoms with van der Waals surface area (Å²) in [6.07, 6.45) is 0.958. The third kappa shape index (κ3) is 4.10. The quantitative estimate of drug-likeness (QED) is 0.638. The minimum absolute atomic E-state index is 0.0664. The summed E-state index contributed by atoms with van der Waals surface area (Å²) in [5.41, 5.74) is 4.77. The molecule has 0 rings (SSSR count). The van der Waals surface area contributed by atoms with Gasteiger partial charge in [0.2, 0.25) is 5.91 Å². The molecule has 0 saturated heterocycles. The maximum atomic E-state index is 11.9. The number of hydrogen-bond donors (Lipinski definition) is 3. The Hall–Kier alpha value is -0.610. The maximum absolute atomic E-state index is 11.9. The lowest BCUT2D eigenvalue weighted by molar-refractivity contribution is -0.132. The van der Waals surface area contributed by atoms with Crippen molar-refractivity contribution in [2.75, 3.05) is 6.54 Å². The molecule has 0 aliphatic carbocycles. The van der Waals surface area contributed by atoms with E-state index in [0.29, 0.717) is 19.4 Å². The minimum Gasteiger partial charge on any atom is -0.393 e. The Morgan fingerprint density at radius 2 is 1.88 bits per heavy atom. The van der Waals surface area contributed by atoms with Crippen LogP contribution in [0.3, 0.4) is 0 Å². The summed E-state index contributed by atoms with van der Waals surface area (Å²) < 4.78 is 0. The monoisotopic (exact) mass is 230 g/mol.